The van der Waals surface area contributed by atoms with Gasteiger partial charge in [-0.25, -0.2) is 0 Å². The third kappa shape index (κ3) is 3.45. The van der Waals surface area contributed by atoms with E-state index in [2.05, 4.69) is 54.5 Å². The van der Waals surface area contributed by atoms with Crippen LogP contribution in [0.4, 0.5) is 0 Å². The fourth-order valence-corrected chi connectivity index (χ4v) is 2.97. The Balaban J connectivity index is 1.59. The van der Waals surface area contributed by atoms with Crippen molar-refractivity contribution in [3.8, 4) is 5.75 Å². The number of benzene rings is 2. The third-order valence-corrected chi connectivity index (χ3v) is 4.24. The van der Waals surface area contributed by atoms with Crippen molar-refractivity contribution in [1.82, 2.24) is 5.06 Å². The number of piperidine rings is 1. The monoisotopic (exact) mass is 280 g/mol. The summed E-state index contributed by atoms with van der Waals surface area (Å²) in [6.07, 6.45) is 3.30. The standard InChI is InChI=1S/C19H22NO/c1-2-16-8-6-7-11-19(16)21-20-14-12-18(13-15-20)17-9-4-3-5-10-17/h3-4,6-11,18H,2,12-15H2,1H3. The van der Waals surface area contributed by atoms with Crippen molar-refractivity contribution in [2.24, 2.45) is 0 Å². The molecule has 1 aliphatic rings. The summed E-state index contributed by atoms with van der Waals surface area (Å²) in [5.41, 5.74) is 2.68. The van der Waals surface area contributed by atoms with E-state index < -0.39 is 0 Å². The number of hydroxylamine groups is 2. The average molecular weight is 280 g/mol. The first kappa shape index (κ1) is 14.2. The van der Waals surface area contributed by atoms with E-state index in [9.17, 15) is 0 Å². The van der Waals surface area contributed by atoms with Crippen LogP contribution in [0.25, 0.3) is 0 Å². The first-order valence-electron chi connectivity index (χ1n) is 7.83. The van der Waals surface area contributed by atoms with Gasteiger partial charge in [-0.05, 0) is 48.4 Å². The second-order valence-electron chi connectivity index (χ2n) is 5.59. The molecule has 0 bridgehead atoms. The molecule has 0 spiro atoms. The van der Waals surface area contributed by atoms with Gasteiger partial charge in [0.15, 0.2) is 5.75 Å². The summed E-state index contributed by atoms with van der Waals surface area (Å²) in [5, 5.41) is 2.11. The average Bonchev–Trinajstić information content (AvgIpc) is 2.57. The van der Waals surface area contributed by atoms with Crippen molar-refractivity contribution in [3.05, 3.63) is 65.7 Å². The van der Waals surface area contributed by atoms with E-state index in [1.807, 2.05) is 12.1 Å². The Morgan fingerprint density at radius 1 is 1.14 bits per heavy atom. The second kappa shape index (κ2) is 6.77. The van der Waals surface area contributed by atoms with Gasteiger partial charge in [0, 0.05) is 13.1 Å². The Kier molecular flexibility index (Phi) is 4.56. The maximum absolute atomic E-state index is 6.09. The number of hydrogen-bond donors (Lipinski definition) is 0. The minimum Gasteiger partial charge on any atom is -0.406 e. The van der Waals surface area contributed by atoms with Crippen LogP contribution in [-0.4, -0.2) is 18.2 Å². The predicted octanol–water partition coefficient (Wildman–Crippen LogP) is 4.22. The van der Waals surface area contributed by atoms with E-state index in [1.54, 1.807) is 0 Å². The molecule has 109 valence electrons. The molecule has 21 heavy (non-hydrogen) atoms. The molecule has 0 saturated carbocycles. The van der Waals surface area contributed by atoms with E-state index in [4.69, 9.17) is 4.84 Å². The zero-order valence-corrected chi connectivity index (χ0v) is 12.6. The number of para-hydroxylation sites is 1. The molecule has 0 aromatic heterocycles. The number of aryl methyl sites for hydroxylation is 1. The highest BCUT2D eigenvalue weighted by Crippen LogP contribution is 2.29. The number of hydrogen-bond acceptors (Lipinski definition) is 2. The molecule has 2 aromatic rings. The molecule has 0 amide bonds. The summed E-state index contributed by atoms with van der Waals surface area (Å²) in [5.74, 6) is 1.65. The first-order chi connectivity index (χ1) is 10.4. The molecular weight excluding hydrogens is 258 g/mol. The highest BCUT2D eigenvalue weighted by Gasteiger charge is 2.22. The van der Waals surface area contributed by atoms with E-state index in [1.165, 1.54) is 11.1 Å². The SMILES string of the molecule is CCc1ccccc1ON1CCC(c2c[c]ccc2)CC1. The van der Waals surface area contributed by atoms with Gasteiger partial charge >= 0.3 is 0 Å². The van der Waals surface area contributed by atoms with Gasteiger partial charge in [0.1, 0.15) is 0 Å². The molecule has 0 unspecified atom stereocenters. The molecule has 2 heteroatoms. The summed E-state index contributed by atoms with van der Waals surface area (Å²) >= 11 is 0. The van der Waals surface area contributed by atoms with Gasteiger partial charge in [-0.3, -0.25) is 0 Å². The molecule has 1 heterocycles. The first-order valence-corrected chi connectivity index (χ1v) is 7.83. The normalized spacial score (nSPS) is 16.8. The van der Waals surface area contributed by atoms with E-state index >= 15 is 0 Å². The van der Waals surface area contributed by atoms with Gasteiger partial charge in [-0.15, -0.1) is 5.06 Å². The predicted molar refractivity (Wildman–Crippen MR) is 85.3 cm³/mol. The molecule has 0 atom stereocenters. The van der Waals surface area contributed by atoms with E-state index in [-0.39, 0.29) is 0 Å². The molecule has 2 aromatic carbocycles. The topological polar surface area (TPSA) is 12.5 Å². The van der Waals surface area contributed by atoms with Gasteiger partial charge < -0.3 is 4.84 Å². The van der Waals surface area contributed by atoms with Crippen molar-refractivity contribution in [1.29, 1.82) is 0 Å². The van der Waals surface area contributed by atoms with Gasteiger partial charge in [0.2, 0.25) is 0 Å². The van der Waals surface area contributed by atoms with Crippen LogP contribution in [0.2, 0.25) is 0 Å². The van der Waals surface area contributed by atoms with Crippen molar-refractivity contribution in [2.45, 2.75) is 32.1 Å². The lowest BCUT2D eigenvalue weighted by Crippen LogP contribution is -2.35. The minimum absolute atomic E-state index is 0.642. The minimum atomic E-state index is 0.642. The Morgan fingerprint density at radius 3 is 2.67 bits per heavy atom. The van der Waals surface area contributed by atoms with Crippen molar-refractivity contribution in [3.63, 3.8) is 0 Å². The second-order valence-corrected chi connectivity index (χ2v) is 5.59. The molecule has 2 nitrogen and oxygen atoms in total. The lowest BCUT2D eigenvalue weighted by atomic mass is 9.90. The van der Waals surface area contributed by atoms with Crippen molar-refractivity contribution in [2.75, 3.05) is 13.1 Å². The Bertz CT molecular complexity index is 559. The quantitative estimate of drug-likeness (QED) is 0.831. The van der Waals surface area contributed by atoms with Gasteiger partial charge in [0.25, 0.3) is 0 Å². The van der Waals surface area contributed by atoms with Gasteiger partial charge in [-0.2, -0.15) is 0 Å². The number of nitrogens with zero attached hydrogens (tertiary/aromatic N) is 1. The summed E-state index contributed by atoms with van der Waals surface area (Å²) in [6, 6.07) is 19.9. The summed E-state index contributed by atoms with van der Waals surface area (Å²) < 4.78 is 0. The van der Waals surface area contributed by atoms with Crippen LogP contribution < -0.4 is 4.84 Å². The van der Waals surface area contributed by atoms with Gasteiger partial charge in [-0.1, -0.05) is 49.4 Å². The van der Waals surface area contributed by atoms with Crippen LogP contribution in [0.5, 0.6) is 5.75 Å². The van der Waals surface area contributed by atoms with Crippen LogP contribution in [0.1, 0.15) is 36.8 Å². The maximum atomic E-state index is 6.09. The maximum Gasteiger partial charge on any atom is 0.150 e. The van der Waals surface area contributed by atoms with Crippen molar-refractivity contribution >= 4 is 0 Å². The lowest BCUT2D eigenvalue weighted by Gasteiger charge is -2.31. The van der Waals surface area contributed by atoms with Crippen LogP contribution in [0.3, 0.4) is 0 Å². The fraction of sp³-hybridized carbons (Fsp3) is 0.368. The molecular formula is C19H22NO. The molecule has 0 aliphatic carbocycles. The van der Waals surface area contributed by atoms with E-state index in [0.717, 1.165) is 38.1 Å². The summed E-state index contributed by atoms with van der Waals surface area (Å²) in [6.45, 7) is 4.13. The van der Waals surface area contributed by atoms with Gasteiger partial charge in [0.05, 0.1) is 0 Å². The summed E-state index contributed by atoms with van der Waals surface area (Å²) in [4.78, 5) is 6.09. The van der Waals surface area contributed by atoms with Crippen LogP contribution in [0, 0.1) is 6.07 Å². The summed E-state index contributed by atoms with van der Waals surface area (Å²) in [7, 11) is 0. The number of rotatable bonds is 4. The Hall–Kier alpha value is -1.80. The zero-order chi connectivity index (χ0) is 14.5. The molecule has 1 saturated heterocycles. The molecule has 0 N–H and O–H groups in total. The lowest BCUT2D eigenvalue weighted by molar-refractivity contribution is -0.0763. The zero-order valence-electron chi connectivity index (χ0n) is 12.6. The smallest absolute Gasteiger partial charge is 0.150 e. The Labute approximate surface area is 127 Å². The van der Waals surface area contributed by atoms with E-state index in [0.29, 0.717) is 5.92 Å². The van der Waals surface area contributed by atoms with Crippen LogP contribution >= 0.6 is 0 Å². The highest BCUT2D eigenvalue weighted by molar-refractivity contribution is 5.33. The highest BCUT2D eigenvalue weighted by atomic mass is 16.7. The molecule has 1 radical (unpaired) electrons. The third-order valence-electron chi connectivity index (χ3n) is 4.24. The fourth-order valence-electron chi connectivity index (χ4n) is 2.97. The molecule has 3 rings (SSSR count). The van der Waals surface area contributed by atoms with Crippen LogP contribution in [-0.2, 0) is 6.42 Å². The molecule has 1 fully saturated rings. The largest absolute Gasteiger partial charge is 0.406 e. The van der Waals surface area contributed by atoms with Crippen LogP contribution in [0.15, 0.2) is 48.5 Å². The Morgan fingerprint density at radius 2 is 1.95 bits per heavy atom. The van der Waals surface area contributed by atoms with Crippen molar-refractivity contribution < 1.29 is 4.84 Å². The molecule has 1 aliphatic heterocycles.